The monoisotopic (exact) mass is 742 g/mol. The highest BCUT2D eigenvalue weighted by atomic mass is 35.5. The summed E-state index contributed by atoms with van der Waals surface area (Å²) in [6.45, 7) is 5.23. The van der Waals surface area contributed by atoms with Crippen LogP contribution in [-0.4, -0.2) is 110 Å². The third-order valence-electron chi connectivity index (χ3n) is 10.1. The van der Waals surface area contributed by atoms with Gasteiger partial charge in [0.25, 0.3) is 11.8 Å². The fourth-order valence-corrected chi connectivity index (χ4v) is 7.42. The van der Waals surface area contributed by atoms with E-state index >= 15 is 8.78 Å². The quantitative estimate of drug-likeness (QED) is 0.229. The summed E-state index contributed by atoms with van der Waals surface area (Å²) >= 11 is 6.54. The summed E-state index contributed by atoms with van der Waals surface area (Å²) in [6.07, 6.45) is 5.38. The summed E-state index contributed by atoms with van der Waals surface area (Å²) in [6, 6.07) is 12.8. The first-order valence-electron chi connectivity index (χ1n) is 17.3. The van der Waals surface area contributed by atoms with Crippen LogP contribution < -0.4 is 5.32 Å². The number of rotatable bonds is 7. The Hall–Kier alpha value is -5.47. The smallest absolute Gasteiger partial charge is 0.291 e. The van der Waals surface area contributed by atoms with E-state index in [2.05, 4.69) is 34.5 Å². The molecule has 53 heavy (non-hydrogen) atoms. The number of imidazole rings is 1. The number of halogens is 3. The van der Waals surface area contributed by atoms with E-state index in [1.54, 1.807) is 54.5 Å². The predicted octanol–water partition coefficient (Wildman–Crippen LogP) is 5.21. The molecule has 12 nitrogen and oxygen atoms in total. The van der Waals surface area contributed by atoms with Gasteiger partial charge in [0.1, 0.15) is 0 Å². The molecule has 0 bridgehead atoms. The van der Waals surface area contributed by atoms with Gasteiger partial charge in [-0.15, -0.1) is 0 Å². The molecule has 0 aliphatic carbocycles. The first kappa shape index (κ1) is 35.9. The van der Waals surface area contributed by atoms with Gasteiger partial charge in [0, 0.05) is 74.4 Å². The van der Waals surface area contributed by atoms with Crippen molar-refractivity contribution in [2.24, 2.45) is 13.0 Å². The van der Waals surface area contributed by atoms with E-state index in [9.17, 15) is 14.4 Å². The number of hydrogen-bond acceptors (Lipinski definition) is 6. The number of piperazine rings is 1. The number of carbonyl (C=O) groups is 3. The molecule has 3 aromatic heterocycles. The van der Waals surface area contributed by atoms with E-state index in [0.29, 0.717) is 48.9 Å². The van der Waals surface area contributed by atoms with Crippen molar-refractivity contribution in [1.82, 2.24) is 34.1 Å². The van der Waals surface area contributed by atoms with Crippen LogP contribution in [0.4, 0.5) is 14.5 Å². The van der Waals surface area contributed by atoms with Crippen molar-refractivity contribution >= 4 is 35.0 Å². The summed E-state index contributed by atoms with van der Waals surface area (Å²) < 4.78 is 34.9. The molecule has 2 aliphatic heterocycles. The largest absolute Gasteiger partial charge is 0.339 e. The molecule has 0 saturated carbocycles. The predicted molar refractivity (Wildman–Crippen MR) is 195 cm³/mol. The minimum atomic E-state index is -1.10. The number of anilines is 1. The summed E-state index contributed by atoms with van der Waals surface area (Å²) in [5.41, 5.74) is 1.64. The van der Waals surface area contributed by atoms with E-state index in [0.717, 1.165) is 24.0 Å². The normalized spacial score (nSPS) is 16.9. The van der Waals surface area contributed by atoms with E-state index in [-0.39, 0.29) is 51.0 Å². The maximum absolute atomic E-state index is 15.6. The number of nitrogens with zero attached hydrogens (tertiary/aromatic N) is 8. The van der Waals surface area contributed by atoms with Gasteiger partial charge in [0.15, 0.2) is 23.3 Å². The molecule has 1 unspecified atom stereocenters. The lowest BCUT2D eigenvalue weighted by Gasteiger charge is -2.36. The Labute approximate surface area is 310 Å². The highest BCUT2D eigenvalue weighted by Gasteiger charge is 2.38. The third kappa shape index (κ3) is 7.03. The topological polar surface area (TPSA) is 118 Å². The molecule has 2 aromatic carbocycles. The third-order valence-corrected chi connectivity index (χ3v) is 10.4. The molecule has 0 radical (unpaired) electrons. The Kier molecular flexibility index (Phi) is 9.60. The Morgan fingerprint density at radius 2 is 1.64 bits per heavy atom. The lowest BCUT2D eigenvalue weighted by Crippen LogP contribution is -2.52. The molecule has 5 aromatic rings. The van der Waals surface area contributed by atoms with E-state index in [4.69, 9.17) is 11.6 Å². The molecule has 2 aliphatic rings. The van der Waals surface area contributed by atoms with Gasteiger partial charge in [-0.1, -0.05) is 23.7 Å². The van der Waals surface area contributed by atoms with Crippen LogP contribution in [0.3, 0.4) is 0 Å². The van der Waals surface area contributed by atoms with Crippen LogP contribution in [0.2, 0.25) is 5.02 Å². The molecule has 5 heterocycles. The standard InChI is InChI=1S/C38H38ClF2N9O3/c1-23-29(21-49(45-23)32-7-5-6-13-42-32)26-10-11-28(34(41)33(26)40)31-20-43-35(46(31)2)36(51)44-25-8-9-27(30(39)19-25)38(53)48-16-14-47(15-17-48)37(52)24-12-18-50(3,4)22-24/h5-11,13,19-21,24H,12,14-18,22H2,1-4H3/p+1. The lowest BCUT2D eigenvalue weighted by molar-refractivity contribution is -0.878. The van der Waals surface area contributed by atoms with Crippen molar-refractivity contribution < 1.29 is 27.6 Å². The number of carbonyl (C=O) groups excluding carboxylic acids is 3. The molecule has 274 valence electrons. The van der Waals surface area contributed by atoms with E-state index < -0.39 is 17.5 Å². The number of amides is 3. The van der Waals surface area contributed by atoms with Crippen LogP contribution in [0.1, 0.15) is 33.1 Å². The molecule has 1 N–H and O–H groups in total. The average Bonchev–Trinajstić information content (AvgIpc) is 3.84. The van der Waals surface area contributed by atoms with Crippen molar-refractivity contribution in [3.8, 4) is 28.2 Å². The van der Waals surface area contributed by atoms with Gasteiger partial charge in [-0.2, -0.15) is 5.10 Å². The minimum absolute atomic E-state index is 0.0169. The van der Waals surface area contributed by atoms with Crippen molar-refractivity contribution in [3.05, 3.63) is 101 Å². The second kappa shape index (κ2) is 14.2. The Morgan fingerprint density at radius 3 is 2.32 bits per heavy atom. The zero-order valence-electron chi connectivity index (χ0n) is 29.8. The summed E-state index contributed by atoms with van der Waals surface area (Å²) in [5.74, 6) is -2.38. The maximum atomic E-state index is 15.6. The first-order valence-corrected chi connectivity index (χ1v) is 17.7. The number of benzene rings is 2. The van der Waals surface area contributed by atoms with Crippen LogP contribution >= 0.6 is 11.6 Å². The van der Waals surface area contributed by atoms with Crippen molar-refractivity contribution in [1.29, 1.82) is 0 Å². The number of likely N-dealkylation sites (tertiary alicyclic amines) is 1. The highest BCUT2D eigenvalue weighted by Crippen LogP contribution is 2.33. The Bertz CT molecular complexity index is 2230. The van der Waals surface area contributed by atoms with Crippen LogP contribution in [0, 0.1) is 24.5 Å². The molecule has 0 spiro atoms. The van der Waals surface area contributed by atoms with Gasteiger partial charge < -0.3 is 24.2 Å². The van der Waals surface area contributed by atoms with Gasteiger partial charge in [-0.25, -0.2) is 23.4 Å². The number of pyridine rings is 1. The van der Waals surface area contributed by atoms with Crippen LogP contribution in [0.15, 0.2) is 67.1 Å². The Balaban J connectivity index is 1.01. The lowest BCUT2D eigenvalue weighted by atomic mass is 10.0. The van der Waals surface area contributed by atoms with Crippen molar-refractivity contribution in [3.63, 3.8) is 0 Å². The minimum Gasteiger partial charge on any atom is -0.339 e. The van der Waals surface area contributed by atoms with Crippen molar-refractivity contribution in [2.75, 3.05) is 58.7 Å². The molecule has 3 amide bonds. The number of hydrogen-bond donors (Lipinski definition) is 1. The molecule has 1 atom stereocenters. The van der Waals surface area contributed by atoms with Gasteiger partial charge in [-0.3, -0.25) is 14.4 Å². The summed E-state index contributed by atoms with van der Waals surface area (Å²) in [5, 5.41) is 7.28. The van der Waals surface area contributed by atoms with Crippen LogP contribution in [-0.2, 0) is 11.8 Å². The van der Waals surface area contributed by atoms with Gasteiger partial charge in [-0.05, 0) is 43.3 Å². The second-order valence-electron chi connectivity index (χ2n) is 14.2. The van der Waals surface area contributed by atoms with Crippen LogP contribution in [0.25, 0.3) is 28.2 Å². The van der Waals surface area contributed by atoms with Gasteiger partial charge in [0.05, 0.1) is 61.3 Å². The number of nitrogens with one attached hydrogen (secondary N) is 1. The molecule has 15 heteroatoms. The Morgan fingerprint density at radius 1 is 0.925 bits per heavy atom. The van der Waals surface area contributed by atoms with Gasteiger partial charge >= 0.3 is 0 Å². The number of aromatic nitrogens is 5. The number of quaternary nitrogens is 1. The molecular formula is C38H39ClF2N9O3+. The van der Waals surface area contributed by atoms with Crippen LogP contribution in [0.5, 0.6) is 0 Å². The second-order valence-corrected chi connectivity index (χ2v) is 14.6. The molecule has 7 rings (SSSR count). The SMILES string of the molecule is Cc1nn(-c2ccccn2)cc1-c1ccc(-c2cnc(C(=O)Nc3ccc(C(=O)N4CCN(C(=O)C5CC[N+](C)(C)C5)CC4)c(Cl)c3)n2C)c(F)c1F. The highest BCUT2D eigenvalue weighted by molar-refractivity contribution is 6.34. The number of aryl methyl sites for hydroxylation is 1. The molecular weight excluding hydrogens is 704 g/mol. The fraction of sp³-hybridized carbons (Fsp3) is 0.316. The van der Waals surface area contributed by atoms with E-state index in [1.165, 1.54) is 40.7 Å². The molecule has 2 saturated heterocycles. The van der Waals surface area contributed by atoms with E-state index in [1.807, 2.05) is 4.90 Å². The zero-order valence-corrected chi connectivity index (χ0v) is 30.6. The fourth-order valence-electron chi connectivity index (χ4n) is 7.15. The van der Waals surface area contributed by atoms with Gasteiger partial charge in [0.2, 0.25) is 5.91 Å². The van der Waals surface area contributed by atoms with Crippen molar-refractivity contribution in [2.45, 2.75) is 13.3 Å². The summed E-state index contributed by atoms with van der Waals surface area (Å²) in [4.78, 5) is 51.7. The molecule has 2 fully saturated rings. The summed E-state index contributed by atoms with van der Waals surface area (Å²) in [7, 11) is 5.80. The zero-order chi connectivity index (χ0) is 37.6. The average molecular weight is 743 g/mol. The maximum Gasteiger partial charge on any atom is 0.291 e. The first-order chi connectivity index (χ1) is 25.3.